The van der Waals surface area contributed by atoms with E-state index >= 15 is 0 Å². The van der Waals surface area contributed by atoms with E-state index in [1.54, 1.807) is 36.2 Å². The molecule has 2 fully saturated rings. The van der Waals surface area contributed by atoms with E-state index in [1.807, 2.05) is 49.4 Å². The molecule has 3 heterocycles. The fourth-order valence-electron chi connectivity index (χ4n) is 8.07. The van der Waals surface area contributed by atoms with Gasteiger partial charge in [0.25, 0.3) is 11.6 Å². The summed E-state index contributed by atoms with van der Waals surface area (Å²) in [6.07, 6.45) is 0.703. The monoisotopic (exact) mass is 715 g/mol. The number of benzene rings is 3. The van der Waals surface area contributed by atoms with Crippen LogP contribution in [0.3, 0.4) is 0 Å². The van der Waals surface area contributed by atoms with Crippen molar-refractivity contribution < 1.29 is 33.9 Å². The van der Waals surface area contributed by atoms with Gasteiger partial charge in [0, 0.05) is 47.9 Å². The number of carbonyl (C=O) groups is 3. The number of aliphatic hydroxyl groups excluding tert-OH is 1. The lowest BCUT2D eigenvalue weighted by Gasteiger charge is -2.32. The van der Waals surface area contributed by atoms with Gasteiger partial charge in [-0.05, 0) is 61.8 Å². The molecule has 0 aliphatic carbocycles. The van der Waals surface area contributed by atoms with Gasteiger partial charge in [-0.1, -0.05) is 49.4 Å². The van der Waals surface area contributed by atoms with Crippen molar-refractivity contribution in [2.45, 2.75) is 75.7 Å². The van der Waals surface area contributed by atoms with Crippen LogP contribution in [-0.4, -0.2) is 77.6 Å². The van der Waals surface area contributed by atoms with Crippen LogP contribution >= 0.6 is 0 Å². The van der Waals surface area contributed by atoms with Crippen LogP contribution < -0.4 is 15.5 Å². The van der Waals surface area contributed by atoms with E-state index < -0.39 is 42.3 Å². The third kappa shape index (κ3) is 7.19. The van der Waals surface area contributed by atoms with Gasteiger partial charge in [0.15, 0.2) is 13.9 Å². The fourth-order valence-corrected chi connectivity index (χ4v) is 10.6. The minimum atomic E-state index is -3.14. The van der Waals surface area contributed by atoms with E-state index in [1.165, 1.54) is 17.0 Å². The average molecular weight is 716 g/mol. The summed E-state index contributed by atoms with van der Waals surface area (Å²) in [7, 11) is -3.14. The van der Waals surface area contributed by atoms with Gasteiger partial charge in [-0.25, -0.2) is 0 Å². The zero-order valence-corrected chi connectivity index (χ0v) is 30.1. The summed E-state index contributed by atoms with van der Waals surface area (Å²) in [5.74, 6) is -1.47. The number of rotatable bonds is 12. The van der Waals surface area contributed by atoms with Crippen LogP contribution in [0.5, 0.6) is 0 Å². The Morgan fingerprint density at radius 3 is 2.47 bits per heavy atom. The second kappa shape index (κ2) is 14.6. The van der Waals surface area contributed by atoms with Gasteiger partial charge < -0.3 is 35.1 Å². The van der Waals surface area contributed by atoms with Gasteiger partial charge in [-0.15, -0.1) is 0 Å². The van der Waals surface area contributed by atoms with Crippen molar-refractivity contribution in [2.24, 2.45) is 5.92 Å². The number of hydrogen-bond acceptors (Lipinski definition) is 9. The summed E-state index contributed by atoms with van der Waals surface area (Å²) in [4.78, 5) is 67.5. The molecule has 0 bridgehead atoms. The van der Waals surface area contributed by atoms with Crippen molar-refractivity contribution in [1.29, 1.82) is 0 Å². The van der Waals surface area contributed by atoms with Gasteiger partial charge in [-0.3, -0.25) is 24.5 Å². The minimum Gasteiger partial charge on any atom is -0.432 e. The number of hydrogen-bond donors (Lipinski definition) is 4. The Hall–Kier alpha value is -4.47. The molecule has 4 N–H and O–H groups in total. The third-order valence-electron chi connectivity index (χ3n) is 10.4. The number of ether oxygens (including phenoxy) is 1. The third-order valence-corrected chi connectivity index (χ3v) is 12.9. The van der Waals surface area contributed by atoms with Crippen molar-refractivity contribution in [3.05, 3.63) is 99.6 Å². The summed E-state index contributed by atoms with van der Waals surface area (Å²) >= 11 is 0. The summed E-state index contributed by atoms with van der Waals surface area (Å²) in [6, 6.07) is 20.6. The van der Waals surface area contributed by atoms with Crippen molar-refractivity contribution in [2.75, 3.05) is 29.9 Å². The Bertz CT molecular complexity index is 1780. The second-order valence-corrected chi connectivity index (χ2v) is 18.2. The SMILES string of the molecule is C[C@H]1[C@H]([Si](C)(C)O)[C@@H](CC(=O)N(CCO)Cc2ccccc2)O[C@]12C(=O)N(Cc1ccc(NC(=O)[C@H]3CCCN3)cc1)c1ccc([N+](=O)[O-])cc12. The zero-order valence-electron chi connectivity index (χ0n) is 29.1. The number of nitrogens with zero attached hydrogens (tertiary/aromatic N) is 3. The largest absolute Gasteiger partial charge is 0.432 e. The number of nitro benzene ring substituents is 1. The fraction of sp³-hybridized carbons (Fsp3) is 0.432. The quantitative estimate of drug-likeness (QED) is 0.123. The van der Waals surface area contributed by atoms with Crippen molar-refractivity contribution in [3.63, 3.8) is 0 Å². The van der Waals surface area contributed by atoms with E-state index in [0.29, 0.717) is 16.9 Å². The second-order valence-electron chi connectivity index (χ2n) is 14.3. The molecular formula is C37H45N5O8Si. The molecular weight excluding hydrogens is 671 g/mol. The van der Waals surface area contributed by atoms with Crippen LogP contribution in [0, 0.1) is 16.0 Å². The number of nitrogens with one attached hydrogen (secondary N) is 2. The van der Waals surface area contributed by atoms with E-state index in [0.717, 1.165) is 30.5 Å². The summed E-state index contributed by atoms with van der Waals surface area (Å²) in [5.41, 5.74) is 0.577. The molecule has 270 valence electrons. The van der Waals surface area contributed by atoms with Gasteiger partial charge >= 0.3 is 0 Å². The first kappa shape index (κ1) is 36.3. The lowest BCUT2D eigenvalue weighted by atomic mass is 9.82. The first-order valence-corrected chi connectivity index (χ1v) is 20.4. The van der Waals surface area contributed by atoms with E-state index in [9.17, 15) is 34.4 Å². The predicted octanol–water partition coefficient (Wildman–Crippen LogP) is 4.04. The molecule has 0 radical (unpaired) electrons. The van der Waals surface area contributed by atoms with E-state index in [2.05, 4.69) is 10.6 Å². The molecule has 3 amide bonds. The molecule has 51 heavy (non-hydrogen) atoms. The maximum absolute atomic E-state index is 14.8. The van der Waals surface area contributed by atoms with E-state index in [-0.39, 0.29) is 56.2 Å². The summed E-state index contributed by atoms with van der Waals surface area (Å²) in [6.45, 7) is 6.35. The standard InChI is InChI=1S/C37H45N5O8Si/c1-24-34(51(2,3)49)32(21-33(44)40(18-19-43)22-25-8-5-4-6-9-25)50-37(24)29-20-28(42(47)48)15-16-31(29)41(36(37)46)23-26-11-13-27(14-12-26)39-35(45)30-10-7-17-38-30/h4-6,8-9,11-16,20,24,30,32,34,38,43,49H,7,10,17-19,21-23H2,1-3H3,(H,39,45)/t24-,30+,32+,34-,37+/m0/s1. The Kier molecular flexibility index (Phi) is 10.4. The van der Waals surface area contributed by atoms with Gasteiger partial charge in [0.1, 0.15) is 0 Å². The molecule has 14 heteroatoms. The van der Waals surface area contributed by atoms with Crippen molar-refractivity contribution in [3.8, 4) is 0 Å². The predicted molar refractivity (Wildman–Crippen MR) is 193 cm³/mol. The molecule has 1 spiro atoms. The number of anilines is 2. The summed E-state index contributed by atoms with van der Waals surface area (Å²) < 4.78 is 6.76. The highest BCUT2D eigenvalue weighted by atomic mass is 28.4. The Morgan fingerprint density at radius 1 is 1.12 bits per heavy atom. The lowest BCUT2D eigenvalue weighted by molar-refractivity contribution is -0.385. The van der Waals surface area contributed by atoms with Crippen LogP contribution in [-0.2, 0) is 37.8 Å². The molecule has 0 unspecified atom stereocenters. The van der Waals surface area contributed by atoms with Crippen LogP contribution in [0.15, 0.2) is 72.8 Å². The highest BCUT2D eigenvalue weighted by Gasteiger charge is 2.66. The van der Waals surface area contributed by atoms with Crippen LogP contribution in [0.1, 0.15) is 42.9 Å². The van der Waals surface area contributed by atoms with E-state index in [4.69, 9.17) is 4.74 Å². The molecule has 5 atom stereocenters. The van der Waals surface area contributed by atoms with Crippen LogP contribution in [0.25, 0.3) is 0 Å². The molecule has 6 rings (SSSR count). The molecule has 3 aromatic rings. The Labute approximate surface area is 297 Å². The Balaban J connectivity index is 1.30. The lowest BCUT2D eigenvalue weighted by Crippen LogP contribution is -2.46. The molecule has 13 nitrogen and oxygen atoms in total. The highest BCUT2D eigenvalue weighted by Crippen LogP contribution is 2.60. The Morgan fingerprint density at radius 2 is 1.84 bits per heavy atom. The minimum absolute atomic E-state index is 0.0907. The highest BCUT2D eigenvalue weighted by molar-refractivity contribution is 6.71. The molecule has 3 aliphatic heterocycles. The maximum Gasteiger partial charge on any atom is 0.269 e. The normalized spacial score (nSPS) is 24.2. The van der Waals surface area contributed by atoms with Gasteiger partial charge in [0.2, 0.25) is 11.8 Å². The zero-order chi connectivity index (χ0) is 36.5. The first-order valence-electron chi connectivity index (χ1n) is 17.4. The van der Waals surface area contributed by atoms with Crippen LogP contribution in [0.4, 0.5) is 17.1 Å². The molecule has 3 aromatic carbocycles. The molecule has 2 saturated heterocycles. The number of fused-ring (bicyclic) bond motifs is 2. The number of aliphatic hydroxyl groups is 1. The number of nitro groups is 1. The molecule has 0 aromatic heterocycles. The molecule has 3 aliphatic rings. The average Bonchev–Trinajstić information content (AvgIpc) is 3.79. The van der Waals surface area contributed by atoms with Gasteiger partial charge in [0.05, 0.1) is 42.3 Å². The maximum atomic E-state index is 14.8. The molecule has 0 saturated carbocycles. The number of amides is 3. The van der Waals surface area contributed by atoms with Gasteiger partial charge in [-0.2, -0.15) is 0 Å². The van der Waals surface area contributed by atoms with Crippen molar-refractivity contribution in [1.82, 2.24) is 10.2 Å². The van der Waals surface area contributed by atoms with Crippen molar-refractivity contribution >= 4 is 43.1 Å². The van der Waals surface area contributed by atoms with Crippen LogP contribution in [0.2, 0.25) is 18.6 Å². The summed E-state index contributed by atoms with van der Waals surface area (Å²) in [5, 5.41) is 27.9. The smallest absolute Gasteiger partial charge is 0.269 e. The topological polar surface area (TPSA) is 175 Å². The number of carbonyl (C=O) groups excluding carboxylic acids is 3. The first-order chi connectivity index (χ1) is 24.3. The number of non-ortho nitro benzene ring substituents is 1.